The summed E-state index contributed by atoms with van der Waals surface area (Å²) in [5.74, 6) is 0.749. The minimum atomic E-state index is 0. The van der Waals surface area contributed by atoms with Crippen molar-refractivity contribution in [2.24, 2.45) is 0 Å². The number of nitrogens with zero attached hydrogens (tertiary/aromatic N) is 7. The van der Waals surface area contributed by atoms with E-state index in [1.807, 2.05) is 30.5 Å². The first-order valence-electron chi connectivity index (χ1n) is 10.7. The number of anilines is 1. The molecule has 1 aliphatic rings. The molecule has 1 aromatic carbocycles. The summed E-state index contributed by atoms with van der Waals surface area (Å²) >= 11 is 0. The van der Waals surface area contributed by atoms with Gasteiger partial charge in [-0.05, 0) is 62.6 Å². The summed E-state index contributed by atoms with van der Waals surface area (Å²) in [6.45, 7) is 8.27. The average Bonchev–Trinajstić information content (AvgIpc) is 3.41. The second-order valence-electron chi connectivity index (χ2n) is 9.22. The Bertz CT molecular complexity index is 1260. The summed E-state index contributed by atoms with van der Waals surface area (Å²) in [5, 5.41) is 30.8. The summed E-state index contributed by atoms with van der Waals surface area (Å²) in [6, 6.07) is 9.83. The number of nitrogens with one attached hydrogen (secondary N) is 1. The molecule has 4 heterocycles. The molecule has 2 N–H and O–H groups in total. The van der Waals surface area contributed by atoms with Gasteiger partial charge in [0, 0.05) is 36.4 Å². The molecule has 0 amide bonds. The van der Waals surface area contributed by atoms with Gasteiger partial charge >= 0.3 is 0 Å². The van der Waals surface area contributed by atoms with E-state index in [0.717, 1.165) is 36.2 Å². The number of fused-ring (bicyclic) bond motifs is 1. The molecular formula is C23H28Cl2N8O. The van der Waals surface area contributed by atoms with E-state index in [1.54, 1.807) is 23.0 Å². The fraction of sp³-hybridized carbons (Fsp3) is 0.348. The van der Waals surface area contributed by atoms with Crippen LogP contribution in [0.25, 0.3) is 27.9 Å². The summed E-state index contributed by atoms with van der Waals surface area (Å²) in [6.07, 6.45) is 6.26. The monoisotopic (exact) mass is 502 g/mol. The third kappa shape index (κ3) is 5.38. The van der Waals surface area contributed by atoms with Crippen molar-refractivity contribution in [2.75, 3.05) is 18.0 Å². The lowest BCUT2D eigenvalue weighted by Gasteiger charge is -2.25. The van der Waals surface area contributed by atoms with Gasteiger partial charge in [0.2, 0.25) is 5.95 Å². The first kappa shape index (κ1) is 25.6. The summed E-state index contributed by atoms with van der Waals surface area (Å²) in [5.41, 5.74) is 3.96. The van der Waals surface area contributed by atoms with Gasteiger partial charge < -0.3 is 15.3 Å². The predicted octanol–water partition coefficient (Wildman–Crippen LogP) is 3.76. The smallest absolute Gasteiger partial charge is 0.245 e. The highest BCUT2D eigenvalue weighted by Gasteiger charge is 2.27. The zero-order chi connectivity index (χ0) is 22.3. The van der Waals surface area contributed by atoms with E-state index >= 15 is 0 Å². The first-order valence-corrected chi connectivity index (χ1v) is 10.7. The number of halogens is 2. The zero-order valence-corrected chi connectivity index (χ0v) is 20.8. The van der Waals surface area contributed by atoms with E-state index in [-0.39, 0.29) is 36.1 Å². The number of phenolic OH excluding ortho intramolecular Hbond substituents is 1. The third-order valence-corrected chi connectivity index (χ3v) is 5.57. The lowest BCUT2D eigenvalue weighted by atomic mass is 10.0. The second-order valence-corrected chi connectivity index (χ2v) is 9.22. The number of hydrogen-bond acceptors (Lipinski definition) is 8. The van der Waals surface area contributed by atoms with Gasteiger partial charge in [-0.1, -0.05) is 11.3 Å². The van der Waals surface area contributed by atoms with Crippen molar-refractivity contribution in [2.45, 2.75) is 38.8 Å². The molecule has 0 bridgehead atoms. The molecule has 0 radical (unpaired) electrons. The number of phenols is 1. The lowest BCUT2D eigenvalue weighted by Crippen LogP contribution is -2.45. The molecule has 0 aliphatic carbocycles. The highest BCUT2D eigenvalue weighted by Crippen LogP contribution is 2.32. The summed E-state index contributed by atoms with van der Waals surface area (Å²) < 4.78 is 1.70. The Hall–Kier alpha value is -3.01. The van der Waals surface area contributed by atoms with Crippen LogP contribution in [0.5, 0.6) is 5.75 Å². The molecule has 180 valence electrons. The summed E-state index contributed by atoms with van der Waals surface area (Å²) in [4.78, 5) is 6.66. The quantitative estimate of drug-likeness (QED) is 0.434. The van der Waals surface area contributed by atoms with Crippen LogP contribution >= 0.6 is 24.8 Å². The Kier molecular flexibility index (Phi) is 7.60. The van der Waals surface area contributed by atoms with Crippen molar-refractivity contribution >= 4 is 36.3 Å². The molecule has 34 heavy (non-hydrogen) atoms. The Balaban J connectivity index is 0.00000162. The Morgan fingerprint density at radius 1 is 1.03 bits per heavy atom. The van der Waals surface area contributed by atoms with Crippen molar-refractivity contribution in [3.05, 3.63) is 48.9 Å². The van der Waals surface area contributed by atoms with Crippen molar-refractivity contribution in [1.29, 1.82) is 0 Å². The van der Waals surface area contributed by atoms with Crippen LogP contribution in [0.2, 0.25) is 0 Å². The first-order chi connectivity index (χ1) is 15.4. The Morgan fingerprint density at radius 3 is 2.53 bits per heavy atom. The fourth-order valence-electron chi connectivity index (χ4n) is 4.15. The molecule has 1 saturated heterocycles. The van der Waals surface area contributed by atoms with Crippen LogP contribution in [-0.2, 0) is 0 Å². The van der Waals surface area contributed by atoms with Gasteiger partial charge in [0.1, 0.15) is 11.4 Å². The standard InChI is InChI=1S/C23H26N8O.2ClH/c1-23(2,3)26-17-7-8-30(14-17)22-24-13-20(27-28-22)19-5-4-15(11-21(19)32)16-6-9-31-18(10-16)12-25-29-31;;/h4-6,9-13,17,26,32H,7-8,14H2,1-3H3;2*1H. The van der Waals surface area contributed by atoms with Crippen LogP contribution in [-0.4, -0.2) is 59.8 Å². The topological polar surface area (TPSA) is 104 Å². The summed E-state index contributed by atoms with van der Waals surface area (Å²) in [7, 11) is 0. The zero-order valence-electron chi connectivity index (χ0n) is 19.2. The number of aromatic nitrogens is 6. The lowest BCUT2D eigenvalue weighted by molar-refractivity contribution is 0.373. The number of benzene rings is 1. The highest BCUT2D eigenvalue weighted by atomic mass is 35.5. The van der Waals surface area contributed by atoms with Crippen molar-refractivity contribution < 1.29 is 5.11 Å². The van der Waals surface area contributed by atoms with E-state index in [1.165, 1.54) is 0 Å². The minimum Gasteiger partial charge on any atom is -0.507 e. The van der Waals surface area contributed by atoms with Crippen LogP contribution in [0, 0.1) is 0 Å². The molecule has 3 aromatic heterocycles. The van der Waals surface area contributed by atoms with E-state index in [0.29, 0.717) is 23.2 Å². The minimum absolute atomic E-state index is 0. The molecule has 0 spiro atoms. The number of aromatic hydroxyl groups is 1. The second kappa shape index (κ2) is 10.1. The maximum Gasteiger partial charge on any atom is 0.245 e. The maximum atomic E-state index is 10.7. The van der Waals surface area contributed by atoms with Crippen molar-refractivity contribution in [3.63, 3.8) is 0 Å². The van der Waals surface area contributed by atoms with Crippen LogP contribution in [0.15, 0.2) is 48.9 Å². The van der Waals surface area contributed by atoms with Gasteiger partial charge in [-0.2, -0.15) is 0 Å². The highest BCUT2D eigenvalue weighted by molar-refractivity contribution is 5.85. The molecule has 11 heteroatoms. The SMILES string of the molecule is CC(C)(C)NC1CCN(c2ncc(-c3ccc(-c4ccn5nncc5c4)cc3O)nn2)C1.Cl.Cl. The molecule has 1 unspecified atom stereocenters. The third-order valence-electron chi connectivity index (χ3n) is 5.57. The van der Waals surface area contributed by atoms with E-state index in [9.17, 15) is 5.11 Å². The number of pyridine rings is 1. The molecule has 9 nitrogen and oxygen atoms in total. The average molecular weight is 503 g/mol. The Labute approximate surface area is 210 Å². The maximum absolute atomic E-state index is 10.7. The van der Waals surface area contributed by atoms with Crippen LogP contribution in [0.1, 0.15) is 27.2 Å². The van der Waals surface area contributed by atoms with Gasteiger partial charge in [0.25, 0.3) is 0 Å². The van der Waals surface area contributed by atoms with E-state index in [2.05, 4.69) is 56.5 Å². The van der Waals surface area contributed by atoms with Crippen molar-refractivity contribution in [3.8, 4) is 28.1 Å². The van der Waals surface area contributed by atoms with Gasteiger partial charge in [0.15, 0.2) is 0 Å². The Morgan fingerprint density at radius 2 is 1.82 bits per heavy atom. The normalized spacial score (nSPS) is 15.7. The number of hydrogen-bond donors (Lipinski definition) is 2. The van der Waals surface area contributed by atoms with Crippen LogP contribution < -0.4 is 10.2 Å². The molecule has 1 atom stereocenters. The molecule has 1 fully saturated rings. The van der Waals surface area contributed by atoms with E-state index < -0.39 is 0 Å². The van der Waals surface area contributed by atoms with Gasteiger partial charge in [0.05, 0.1) is 17.9 Å². The van der Waals surface area contributed by atoms with E-state index in [4.69, 9.17) is 0 Å². The molecule has 0 saturated carbocycles. The van der Waals surface area contributed by atoms with Crippen molar-refractivity contribution in [1.82, 2.24) is 35.3 Å². The molecule has 5 rings (SSSR count). The molecule has 1 aliphatic heterocycles. The molecule has 4 aromatic rings. The number of rotatable bonds is 4. The fourth-order valence-corrected chi connectivity index (χ4v) is 4.15. The van der Waals surface area contributed by atoms with Gasteiger partial charge in [-0.3, -0.25) is 0 Å². The van der Waals surface area contributed by atoms with Crippen LogP contribution in [0.3, 0.4) is 0 Å². The largest absolute Gasteiger partial charge is 0.507 e. The van der Waals surface area contributed by atoms with Gasteiger partial charge in [-0.25, -0.2) is 9.50 Å². The van der Waals surface area contributed by atoms with Gasteiger partial charge in [-0.15, -0.1) is 40.1 Å². The predicted molar refractivity (Wildman–Crippen MR) is 137 cm³/mol. The molecular weight excluding hydrogens is 475 g/mol. The van der Waals surface area contributed by atoms with Crippen LogP contribution in [0.4, 0.5) is 5.95 Å².